The van der Waals surface area contributed by atoms with E-state index in [2.05, 4.69) is 24.1 Å². The first-order valence-corrected chi connectivity index (χ1v) is 7.94. The Balaban J connectivity index is 2.41. The molecule has 0 unspecified atom stereocenters. The van der Waals surface area contributed by atoms with Crippen LogP contribution in [0, 0.1) is 0 Å². The maximum absolute atomic E-state index is 12.2. The first-order chi connectivity index (χ1) is 9.72. The highest BCUT2D eigenvalue weighted by Gasteiger charge is 2.19. The number of carbonyl (C=O) groups is 1. The van der Waals surface area contributed by atoms with Crippen molar-refractivity contribution in [1.29, 1.82) is 0 Å². The fourth-order valence-corrected chi connectivity index (χ4v) is 2.80. The minimum Gasteiger partial charge on any atom is -0.383 e. The zero-order chi connectivity index (χ0) is 14.8. The molecule has 1 amide bonds. The van der Waals surface area contributed by atoms with Gasteiger partial charge in [0.05, 0.1) is 6.61 Å². The minimum atomic E-state index is 0.292. The van der Waals surface area contributed by atoms with E-state index in [0.717, 1.165) is 58.7 Å². The van der Waals surface area contributed by atoms with E-state index in [1.54, 1.807) is 7.11 Å². The summed E-state index contributed by atoms with van der Waals surface area (Å²) in [6.07, 6.45) is 2.88. The summed E-state index contributed by atoms with van der Waals surface area (Å²) in [5.74, 6) is 0.292. The van der Waals surface area contributed by atoms with Crippen LogP contribution in [-0.4, -0.2) is 74.7 Å². The van der Waals surface area contributed by atoms with Gasteiger partial charge < -0.3 is 15.0 Å². The van der Waals surface area contributed by atoms with E-state index >= 15 is 0 Å². The van der Waals surface area contributed by atoms with Crippen molar-refractivity contribution in [1.82, 2.24) is 15.1 Å². The number of hydrogen-bond donors (Lipinski definition) is 1. The van der Waals surface area contributed by atoms with Crippen molar-refractivity contribution in [3.05, 3.63) is 0 Å². The van der Waals surface area contributed by atoms with Gasteiger partial charge in [0.25, 0.3) is 0 Å². The molecule has 0 radical (unpaired) electrons. The average Bonchev–Trinajstić information content (AvgIpc) is 2.50. The van der Waals surface area contributed by atoms with Gasteiger partial charge >= 0.3 is 0 Å². The summed E-state index contributed by atoms with van der Waals surface area (Å²) in [7, 11) is 1.73. The molecule has 1 aliphatic rings. The van der Waals surface area contributed by atoms with Crippen LogP contribution in [-0.2, 0) is 9.53 Å². The van der Waals surface area contributed by atoms with E-state index in [1.807, 2.05) is 4.90 Å². The molecule has 0 bridgehead atoms. The third kappa shape index (κ3) is 5.77. The van der Waals surface area contributed by atoms with Gasteiger partial charge in [-0.1, -0.05) is 13.8 Å². The summed E-state index contributed by atoms with van der Waals surface area (Å²) < 4.78 is 5.19. The van der Waals surface area contributed by atoms with Gasteiger partial charge in [-0.25, -0.2) is 0 Å². The van der Waals surface area contributed by atoms with Gasteiger partial charge in [0.1, 0.15) is 0 Å². The molecule has 1 fully saturated rings. The van der Waals surface area contributed by atoms with Crippen molar-refractivity contribution in [2.24, 2.45) is 0 Å². The number of hydrogen-bond acceptors (Lipinski definition) is 4. The molecule has 0 spiro atoms. The van der Waals surface area contributed by atoms with Crippen molar-refractivity contribution in [3.8, 4) is 0 Å². The van der Waals surface area contributed by atoms with Crippen LogP contribution in [0.2, 0.25) is 0 Å². The number of carbonyl (C=O) groups excluding carboxylic acids is 1. The summed E-state index contributed by atoms with van der Waals surface area (Å²) in [6.45, 7) is 10.5. The molecular weight excluding hydrogens is 254 g/mol. The van der Waals surface area contributed by atoms with E-state index in [9.17, 15) is 4.79 Å². The summed E-state index contributed by atoms with van der Waals surface area (Å²) >= 11 is 0. The fraction of sp³-hybridized carbons (Fsp3) is 0.933. The molecule has 1 N–H and O–H groups in total. The molecule has 118 valence electrons. The topological polar surface area (TPSA) is 44.8 Å². The number of methoxy groups -OCH3 is 1. The highest BCUT2D eigenvalue weighted by atomic mass is 16.5. The number of piperazine rings is 1. The molecule has 20 heavy (non-hydrogen) atoms. The number of amides is 1. The Hall–Kier alpha value is -0.650. The molecular formula is C15H31N3O2. The van der Waals surface area contributed by atoms with Crippen LogP contribution in [0.15, 0.2) is 0 Å². The Morgan fingerprint density at radius 1 is 1.25 bits per heavy atom. The van der Waals surface area contributed by atoms with Gasteiger partial charge in [-0.05, 0) is 12.8 Å². The minimum absolute atomic E-state index is 0.292. The van der Waals surface area contributed by atoms with Crippen LogP contribution in [0.3, 0.4) is 0 Å². The summed E-state index contributed by atoms with van der Waals surface area (Å²) in [6, 6.07) is 0.556. The molecule has 1 rings (SSSR count). The third-order valence-electron chi connectivity index (χ3n) is 4.12. The number of rotatable bonds is 9. The average molecular weight is 285 g/mol. The van der Waals surface area contributed by atoms with Gasteiger partial charge in [-0.15, -0.1) is 0 Å². The summed E-state index contributed by atoms with van der Waals surface area (Å²) in [5, 5.41) is 3.28. The van der Waals surface area contributed by atoms with Crippen LogP contribution in [0.5, 0.6) is 0 Å². The number of nitrogens with zero attached hydrogens (tertiary/aromatic N) is 2. The largest absolute Gasteiger partial charge is 0.383 e. The molecule has 0 aromatic heterocycles. The van der Waals surface area contributed by atoms with Gasteiger partial charge in [-0.3, -0.25) is 9.69 Å². The van der Waals surface area contributed by atoms with Gasteiger partial charge in [0.2, 0.25) is 5.91 Å². The van der Waals surface area contributed by atoms with Crippen molar-refractivity contribution in [2.45, 2.75) is 39.2 Å². The lowest BCUT2D eigenvalue weighted by Gasteiger charge is -2.32. The van der Waals surface area contributed by atoms with Crippen LogP contribution in [0.1, 0.15) is 33.1 Å². The second-order valence-electron chi connectivity index (χ2n) is 5.38. The molecule has 0 atom stereocenters. The van der Waals surface area contributed by atoms with Crippen molar-refractivity contribution in [2.75, 3.05) is 53.0 Å². The van der Waals surface area contributed by atoms with Crippen molar-refractivity contribution in [3.63, 3.8) is 0 Å². The summed E-state index contributed by atoms with van der Waals surface area (Å²) in [5.41, 5.74) is 0. The van der Waals surface area contributed by atoms with Gasteiger partial charge in [0, 0.05) is 58.8 Å². The van der Waals surface area contributed by atoms with Gasteiger partial charge in [0.15, 0.2) is 0 Å². The molecule has 0 aromatic carbocycles. The maximum atomic E-state index is 12.2. The lowest BCUT2D eigenvalue weighted by atomic mass is 10.1. The first kappa shape index (κ1) is 17.4. The first-order valence-electron chi connectivity index (χ1n) is 7.94. The molecule has 1 saturated heterocycles. The van der Waals surface area contributed by atoms with E-state index < -0.39 is 0 Å². The predicted molar refractivity (Wildman–Crippen MR) is 81.9 cm³/mol. The van der Waals surface area contributed by atoms with E-state index in [0.29, 0.717) is 18.4 Å². The standard InChI is InChI=1S/C15H31N3O2/c1-4-14(5-2)17(12-13-20-3)9-6-15(19)18-10-7-16-8-11-18/h14,16H,4-13H2,1-3H3. The molecule has 0 aromatic rings. The quantitative estimate of drug-likeness (QED) is 0.685. The second kappa shape index (κ2) is 10.1. The van der Waals surface area contributed by atoms with E-state index in [4.69, 9.17) is 4.74 Å². The monoisotopic (exact) mass is 285 g/mol. The highest BCUT2D eigenvalue weighted by Crippen LogP contribution is 2.10. The second-order valence-corrected chi connectivity index (χ2v) is 5.38. The lowest BCUT2D eigenvalue weighted by Crippen LogP contribution is -2.47. The smallest absolute Gasteiger partial charge is 0.223 e. The lowest BCUT2D eigenvalue weighted by molar-refractivity contribution is -0.132. The van der Waals surface area contributed by atoms with Crippen molar-refractivity contribution >= 4 is 5.91 Å². The number of nitrogens with one attached hydrogen (secondary N) is 1. The molecule has 1 heterocycles. The Labute approximate surface area is 123 Å². The zero-order valence-electron chi connectivity index (χ0n) is 13.4. The molecule has 5 nitrogen and oxygen atoms in total. The molecule has 0 saturated carbocycles. The Bertz CT molecular complexity index is 264. The van der Waals surface area contributed by atoms with E-state index in [1.165, 1.54) is 0 Å². The normalized spacial score (nSPS) is 16.1. The van der Waals surface area contributed by atoms with E-state index in [-0.39, 0.29) is 0 Å². The highest BCUT2D eigenvalue weighted by molar-refractivity contribution is 5.76. The van der Waals surface area contributed by atoms with Crippen molar-refractivity contribution < 1.29 is 9.53 Å². The van der Waals surface area contributed by atoms with Crippen LogP contribution < -0.4 is 5.32 Å². The number of ether oxygens (including phenoxy) is 1. The zero-order valence-corrected chi connectivity index (χ0v) is 13.4. The maximum Gasteiger partial charge on any atom is 0.223 e. The van der Waals surface area contributed by atoms with Crippen LogP contribution in [0.25, 0.3) is 0 Å². The summed E-state index contributed by atoms with van der Waals surface area (Å²) in [4.78, 5) is 16.6. The third-order valence-corrected chi connectivity index (χ3v) is 4.12. The fourth-order valence-electron chi connectivity index (χ4n) is 2.80. The SMILES string of the molecule is CCC(CC)N(CCOC)CCC(=O)N1CCNCC1. The Morgan fingerprint density at radius 3 is 2.45 bits per heavy atom. The van der Waals surface area contributed by atoms with Crippen LogP contribution >= 0.6 is 0 Å². The molecule has 5 heteroatoms. The Morgan fingerprint density at radius 2 is 1.90 bits per heavy atom. The van der Waals surface area contributed by atoms with Gasteiger partial charge in [-0.2, -0.15) is 0 Å². The Kier molecular flexibility index (Phi) is 8.82. The van der Waals surface area contributed by atoms with Crippen LogP contribution in [0.4, 0.5) is 0 Å². The molecule has 1 aliphatic heterocycles. The predicted octanol–water partition coefficient (Wildman–Crippen LogP) is 0.945. The molecule has 0 aliphatic carbocycles.